The Balaban J connectivity index is 1.21. The maximum Gasteiger partial charge on any atom is 0.0468 e. The van der Waals surface area contributed by atoms with Crippen LogP contribution in [0.15, 0.2) is 188 Å². The topological polar surface area (TPSA) is 3.24 Å². The first-order valence-electron chi connectivity index (χ1n) is 17.1. The highest BCUT2D eigenvalue weighted by molar-refractivity contribution is 7.25. The Morgan fingerprint density at radius 2 is 0.720 bits per heavy atom. The highest BCUT2D eigenvalue weighted by Crippen LogP contribution is 2.50. The molecular weight excluding hydrogens is 623 g/mol. The lowest BCUT2D eigenvalue weighted by Crippen LogP contribution is -2.10. The number of hydrogen-bond donors (Lipinski definition) is 0. The van der Waals surface area contributed by atoms with Gasteiger partial charge in [0.2, 0.25) is 0 Å². The van der Waals surface area contributed by atoms with Gasteiger partial charge in [-0.05, 0) is 104 Å². The zero-order chi connectivity index (χ0) is 33.0. The minimum Gasteiger partial charge on any atom is -0.310 e. The summed E-state index contributed by atoms with van der Waals surface area (Å²) in [6, 6.07) is 68.9. The summed E-state index contributed by atoms with van der Waals surface area (Å²) in [6.45, 7) is 0. The van der Waals surface area contributed by atoms with E-state index in [1.165, 1.54) is 75.8 Å². The van der Waals surface area contributed by atoms with Crippen molar-refractivity contribution in [1.82, 2.24) is 0 Å². The van der Waals surface area contributed by atoms with Crippen molar-refractivity contribution in [3.63, 3.8) is 0 Å². The predicted octanol–water partition coefficient (Wildman–Crippen LogP) is 14.2. The van der Waals surface area contributed by atoms with Crippen LogP contribution < -0.4 is 4.90 Å². The number of fused-ring (bicyclic) bond motifs is 11. The Hall–Kier alpha value is -6.22. The first kappa shape index (κ1) is 28.8. The van der Waals surface area contributed by atoms with Crippen LogP contribution in [-0.2, 0) is 0 Å². The quantitative estimate of drug-likeness (QED) is 0.183. The van der Waals surface area contributed by atoms with Gasteiger partial charge < -0.3 is 4.90 Å². The Morgan fingerprint density at radius 3 is 1.36 bits per heavy atom. The van der Waals surface area contributed by atoms with Crippen LogP contribution in [0.3, 0.4) is 0 Å². The van der Waals surface area contributed by atoms with E-state index in [0.717, 1.165) is 17.1 Å². The third-order valence-electron chi connectivity index (χ3n) is 10.1. The fourth-order valence-corrected chi connectivity index (χ4v) is 8.81. The molecule has 0 N–H and O–H groups in total. The van der Waals surface area contributed by atoms with Gasteiger partial charge in [0.25, 0.3) is 0 Å². The molecule has 0 bridgehead atoms. The third-order valence-corrected chi connectivity index (χ3v) is 11.2. The van der Waals surface area contributed by atoms with Crippen molar-refractivity contribution in [2.45, 2.75) is 0 Å². The number of anilines is 3. The van der Waals surface area contributed by atoms with Gasteiger partial charge in [-0.25, -0.2) is 0 Å². The second-order valence-corrected chi connectivity index (χ2v) is 14.0. The lowest BCUT2D eigenvalue weighted by atomic mass is 9.81. The molecule has 0 amide bonds. The molecule has 0 aliphatic heterocycles. The minimum atomic E-state index is 1.12. The largest absolute Gasteiger partial charge is 0.310 e. The zero-order valence-electron chi connectivity index (χ0n) is 27.3. The Labute approximate surface area is 296 Å². The lowest BCUT2D eigenvalue weighted by Gasteiger charge is -2.28. The van der Waals surface area contributed by atoms with Crippen molar-refractivity contribution in [3.05, 3.63) is 188 Å². The summed E-state index contributed by atoms with van der Waals surface area (Å²) < 4.78 is 2.62. The average molecular weight is 654 g/mol. The first-order valence-corrected chi connectivity index (χ1v) is 17.9. The van der Waals surface area contributed by atoms with E-state index in [1.54, 1.807) is 0 Å². The monoisotopic (exact) mass is 653 g/mol. The van der Waals surface area contributed by atoms with E-state index in [-0.39, 0.29) is 0 Å². The molecule has 1 heterocycles. The standard InChI is InChI=1S/C48H31NS/c1-2-12-32(13-3-1)33-22-24-34(25-23-33)49(36-27-29-48-46(31-36)44-20-10-11-21-47(44)50-48)35-26-28-43-41-18-7-6-16-39(41)37-14-4-5-15-38(37)40-17-8-9-19-42(40)45(43)30-35/h1-31H. The summed E-state index contributed by atoms with van der Waals surface area (Å²) in [5, 5.41) is 2.59. The van der Waals surface area contributed by atoms with E-state index in [1.807, 2.05) is 11.3 Å². The first-order chi connectivity index (χ1) is 24.8. The molecule has 8 aromatic carbocycles. The van der Waals surface area contributed by atoms with E-state index in [9.17, 15) is 0 Å². The van der Waals surface area contributed by atoms with Crippen LogP contribution in [0.25, 0.3) is 75.8 Å². The van der Waals surface area contributed by atoms with Gasteiger partial charge in [-0.15, -0.1) is 11.3 Å². The maximum absolute atomic E-state index is 2.42. The van der Waals surface area contributed by atoms with Gasteiger partial charge in [0.05, 0.1) is 0 Å². The zero-order valence-corrected chi connectivity index (χ0v) is 28.1. The highest BCUT2D eigenvalue weighted by Gasteiger charge is 2.23. The summed E-state index contributed by atoms with van der Waals surface area (Å²) in [7, 11) is 0. The van der Waals surface area contributed by atoms with Crippen molar-refractivity contribution in [3.8, 4) is 55.6 Å². The fourth-order valence-electron chi connectivity index (χ4n) is 7.72. The van der Waals surface area contributed by atoms with Crippen molar-refractivity contribution in [2.75, 3.05) is 4.90 Å². The number of thiophene rings is 1. The molecule has 0 radical (unpaired) electrons. The Morgan fingerprint density at radius 1 is 0.280 bits per heavy atom. The normalized spacial score (nSPS) is 11.6. The SMILES string of the molecule is c1ccc(-c2ccc(N(c3ccc4c(c3)-c3ccccc3-c3ccccc3-c3ccccc3-4)c3ccc4sc5ccccc5c4c3)cc2)cc1. The molecule has 9 aromatic rings. The molecular formula is C48H31NS. The minimum absolute atomic E-state index is 1.12. The molecule has 0 spiro atoms. The second-order valence-electron chi connectivity index (χ2n) is 12.9. The van der Waals surface area contributed by atoms with Crippen LogP contribution in [0.5, 0.6) is 0 Å². The van der Waals surface area contributed by atoms with E-state index in [0.29, 0.717) is 0 Å². The smallest absolute Gasteiger partial charge is 0.0468 e. The second kappa shape index (κ2) is 11.7. The fraction of sp³-hybridized carbons (Fsp3) is 0. The van der Waals surface area contributed by atoms with Crippen LogP contribution in [0, 0.1) is 0 Å². The van der Waals surface area contributed by atoms with Crippen LogP contribution >= 0.6 is 11.3 Å². The molecule has 0 atom stereocenters. The molecule has 234 valence electrons. The number of benzene rings is 8. The molecule has 50 heavy (non-hydrogen) atoms. The van der Waals surface area contributed by atoms with Gasteiger partial charge in [-0.3, -0.25) is 0 Å². The summed E-state index contributed by atoms with van der Waals surface area (Å²) in [5.74, 6) is 0. The van der Waals surface area contributed by atoms with Gasteiger partial charge >= 0.3 is 0 Å². The molecule has 1 aliphatic carbocycles. The summed E-state index contributed by atoms with van der Waals surface area (Å²) in [4.78, 5) is 2.42. The van der Waals surface area contributed by atoms with E-state index < -0.39 is 0 Å². The van der Waals surface area contributed by atoms with Gasteiger partial charge in [-0.1, -0.05) is 140 Å². The molecule has 2 heteroatoms. The molecule has 0 fully saturated rings. The summed E-state index contributed by atoms with van der Waals surface area (Å²) in [5.41, 5.74) is 15.8. The van der Waals surface area contributed by atoms with Crippen LogP contribution in [0.2, 0.25) is 0 Å². The summed E-state index contributed by atoms with van der Waals surface area (Å²) >= 11 is 1.86. The average Bonchev–Trinajstić information content (AvgIpc) is 3.56. The number of nitrogens with zero attached hydrogens (tertiary/aromatic N) is 1. The Bertz CT molecular complexity index is 2700. The van der Waals surface area contributed by atoms with E-state index >= 15 is 0 Å². The molecule has 0 saturated heterocycles. The van der Waals surface area contributed by atoms with Crippen molar-refractivity contribution < 1.29 is 0 Å². The lowest BCUT2D eigenvalue weighted by molar-refractivity contribution is 1.29. The van der Waals surface area contributed by atoms with Gasteiger partial charge in [0.15, 0.2) is 0 Å². The van der Waals surface area contributed by atoms with E-state index in [2.05, 4.69) is 193 Å². The van der Waals surface area contributed by atoms with Crippen LogP contribution in [0.1, 0.15) is 0 Å². The molecule has 1 aliphatic rings. The predicted molar refractivity (Wildman–Crippen MR) is 215 cm³/mol. The number of rotatable bonds is 4. The third kappa shape index (κ3) is 4.69. The molecule has 1 aromatic heterocycles. The molecule has 0 saturated carbocycles. The van der Waals surface area contributed by atoms with Gasteiger partial charge in [0, 0.05) is 37.2 Å². The van der Waals surface area contributed by atoms with E-state index in [4.69, 9.17) is 0 Å². The molecule has 0 unspecified atom stereocenters. The van der Waals surface area contributed by atoms with Crippen LogP contribution in [0.4, 0.5) is 17.1 Å². The maximum atomic E-state index is 2.42. The summed E-state index contributed by atoms with van der Waals surface area (Å²) in [6.07, 6.45) is 0. The number of hydrogen-bond acceptors (Lipinski definition) is 2. The van der Waals surface area contributed by atoms with Crippen molar-refractivity contribution in [2.24, 2.45) is 0 Å². The van der Waals surface area contributed by atoms with Crippen LogP contribution in [-0.4, -0.2) is 0 Å². The van der Waals surface area contributed by atoms with Gasteiger partial charge in [-0.2, -0.15) is 0 Å². The van der Waals surface area contributed by atoms with Crippen molar-refractivity contribution >= 4 is 48.6 Å². The Kier molecular flexibility index (Phi) is 6.75. The highest BCUT2D eigenvalue weighted by atomic mass is 32.1. The molecule has 1 nitrogen and oxygen atoms in total. The van der Waals surface area contributed by atoms with Gasteiger partial charge in [0.1, 0.15) is 0 Å². The van der Waals surface area contributed by atoms with Crippen molar-refractivity contribution in [1.29, 1.82) is 0 Å². The molecule has 10 rings (SSSR count).